The third kappa shape index (κ3) is 3.26. The summed E-state index contributed by atoms with van der Waals surface area (Å²) in [7, 11) is 0. The van der Waals surface area contributed by atoms with Crippen molar-refractivity contribution in [1.29, 1.82) is 0 Å². The van der Waals surface area contributed by atoms with Gasteiger partial charge in [-0.05, 0) is 13.0 Å². The van der Waals surface area contributed by atoms with Crippen LogP contribution in [0.2, 0.25) is 0 Å². The average molecular weight is 207 g/mol. The Morgan fingerprint density at radius 2 is 2.33 bits per heavy atom. The lowest BCUT2D eigenvalue weighted by atomic mass is 10.1. The number of rotatable bonds is 4. The van der Waals surface area contributed by atoms with Gasteiger partial charge < -0.3 is 10.4 Å². The van der Waals surface area contributed by atoms with Gasteiger partial charge in [0.1, 0.15) is 11.6 Å². The fraction of sp³-hybridized carbons (Fsp3) is 0.333. The summed E-state index contributed by atoms with van der Waals surface area (Å²) < 4.78 is 13.4. The summed E-state index contributed by atoms with van der Waals surface area (Å²) in [6.07, 6.45) is 5.72. The molecule has 0 fully saturated rings. The van der Waals surface area contributed by atoms with Crippen LogP contribution in [0.15, 0.2) is 18.2 Å². The summed E-state index contributed by atoms with van der Waals surface area (Å²) in [5.74, 6) is 2.03. The predicted molar refractivity (Wildman–Crippen MR) is 57.9 cm³/mol. The van der Waals surface area contributed by atoms with Crippen LogP contribution in [0.25, 0.3) is 0 Å². The molecule has 1 atom stereocenters. The van der Waals surface area contributed by atoms with E-state index in [1.54, 1.807) is 6.07 Å². The predicted octanol–water partition coefficient (Wildman–Crippen LogP) is 2.21. The standard InChI is InChI=1S/C12H14FNO/c1-3-4-7-14-9(2)11-6-5-10(15)8-12(11)13/h1,5-6,8-9,14-15H,4,7H2,2H3. The molecule has 0 aliphatic carbocycles. The lowest BCUT2D eigenvalue weighted by Crippen LogP contribution is -2.20. The highest BCUT2D eigenvalue weighted by molar-refractivity contribution is 5.29. The number of halogens is 1. The van der Waals surface area contributed by atoms with E-state index in [4.69, 9.17) is 11.5 Å². The number of phenolic OH excluding ortho intramolecular Hbond substituents is 1. The van der Waals surface area contributed by atoms with Crippen molar-refractivity contribution < 1.29 is 9.50 Å². The largest absolute Gasteiger partial charge is 0.508 e. The Balaban J connectivity index is 2.66. The summed E-state index contributed by atoms with van der Waals surface area (Å²) in [6, 6.07) is 4.03. The van der Waals surface area contributed by atoms with Crippen LogP contribution in [0.5, 0.6) is 5.75 Å². The Kier molecular flexibility index (Phi) is 4.14. The lowest BCUT2D eigenvalue weighted by molar-refractivity contribution is 0.464. The van der Waals surface area contributed by atoms with Crippen molar-refractivity contribution in [3.63, 3.8) is 0 Å². The Labute approximate surface area is 89.1 Å². The molecule has 80 valence electrons. The highest BCUT2D eigenvalue weighted by Crippen LogP contribution is 2.20. The Morgan fingerprint density at radius 3 is 2.93 bits per heavy atom. The summed E-state index contributed by atoms with van der Waals surface area (Å²) >= 11 is 0. The van der Waals surface area contributed by atoms with E-state index in [0.29, 0.717) is 18.5 Å². The van der Waals surface area contributed by atoms with E-state index in [0.717, 1.165) is 6.07 Å². The van der Waals surface area contributed by atoms with Crippen molar-refractivity contribution in [2.45, 2.75) is 19.4 Å². The first-order valence-electron chi connectivity index (χ1n) is 4.80. The summed E-state index contributed by atoms with van der Waals surface area (Å²) in [5, 5.41) is 12.1. The van der Waals surface area contributed by atoms with Crippen LogP contribution in [-0.4, -0.2) is 11.7 Å². The van der Waals surface area contributed by atoms with E-state index in [2.05, 4.69) is 11.2 Å². The third-order valence-electron chi connectivity index (χ3n) is 2.17. The van der Waals surface area contributed by atoms with Crippen molar-refractivity contribution >= 4 is 0 Å². The van der Waals surface area contributed by atoms with Gasteiger partial charge >= 0.3 is 0 Å². The van der Waals surface area contributed by atoms with Gasteiger partial charge in [-0.25, -0.2) is 4.39 Å². The van der Waals surface area contributed by atoms with E-state index >= 15 is 0 Å². The molecule has 0 aromatic heterocycles. The van der Waals surface area contributed by atoms with Gasteiger partial charge in [-0.2, -0.15) is 0 Å². The zero-order valence-corrected chi connectivity index (χ0v) is 8.63. The van der Waals surface area contributed by atoms with Gasteiger partial charge in [0.25, 0.3) is 0 Å². The molecule has 0 heterocycles. The van der Waals surface area contributed by atoms with Crippen LogP contribution in [0.4, 0.5) is 4.39 Å². The Bertz CT molecular complexity index is 370. The van der Waals surface area contributed by atoms with E-state index in [1.807, 2.05) is 6.92 Å². The van der Waals surface area contributed by atoms with E-state index < -0.39 is 5.82 Å². The molecule has 0 saturated carbocycles. The quantitative estimate of drug-likeness (QED) is 0.586. The monoisotopic (exact) mass is 207 g/mol. The van der Waals surface area contributed by atoms with Gasteiger partial charge in [-0.15, -0.1) is 12.3 Å². The maximum absolute atomic E-state index is 13.4. The van der Waals surface area contributed by atoms with Gasteiger partial charge in [0.05, 0.1) is 0 Å². The van der Waals surface area contributed by atoms with Crippen molar-refractivity contribution in [2.75, 3.05) is 6.54 Å². The van der Waals surface area contributed by atoms with Crippen LogP contribution in [0.3, 0.4) is 0 Å². The normalized spacial score (nSPS) is 12.1. The molecule has 1 aromatic rings. The first-order valence-corrected chi connectivity index (χ1v) is 4.80. The first-order chi connectivity index (χ1) is 7.15. The third-order valence-corrected chi connectivity index (χ3v) is 2.17. The van der Waals surface area contributed by atoms with Gasteiger partial charge in [0.2, 0.25) is 0 Å². The van der Waals surface area contributed by atoms with Crippen LogP contribution < -0.4 is 5.32 Å². The van der Waals surface area contributed by atoms with Crippen LogP contribution in [0, 0.1) is 18.2 Å². The number of hydrogen-bond donors (Lipinski definition) is 2. The fourth-order valence-corrected chi connectivity index (χ4v) is 1.34. The molecule has 1 unspecified atom stereocenters. The molecule has 3 heteroatoms. The zero-order chi connectivity index (χ0) is 11.3. The maximum atomic E-state index is 13.4. The number of benzene rings is 1. The van der Waals surface area contributed by atoms with Crippen LogP contribution in [0.1, 0.15) is 24.9 Å². The molecule has 0 bridgehead atoms. The molecule has 2 nitrogen and oxygen atoms in total. The van der Waals surface area contributed by atoms with Gasteiger partial charge in [-0.3, -0.25) is 0 Å². The molecule has 15 heavy (non-hydrogen) atoms. The minimum Gasteiger partial charge on any atom is -0.508 e. The van der Waals surface area contributed by atoms with Gasteiger partial charge in [0, 0.05) is 30.6 Å². The Hall–Kier alpha value is -1.53. The summed E-state index contributed by atoms with van der Waals surface area (Å²) in [5.41, 5.74) is 0.532. The molecule has 0 saturated heterocycles. The molecular weight excluding hydrogens is 193 g/mol. The zero-order valence-electron chi connectivity index (χ0n) is 8.63. The molecule has 0 radical (unpaired) electrons. The minimum absolute atomic E-state index is 0.0629. The van der Waals surface area contributed by atoms with Gasteiger partial charge in [-0.1, -0.05) is 6.07 Å². The number of terminal acetylenes is 1. The van der Waals surface area contributed by atoms with E-state index in [1.165, 1.54) is 6.07 Å². The number of nitrogens with one attached hydrogen (secondary N) is 1. The first kappa shape index (κ1) is 11.5. The minimum atomic E-state index is -0.407. The SMILES string of the molecule is C#CCCNC(C)c1ccc(O)cc1F. The number of hydrogen-bond acceptors (Lipinski definition) is 2. The lowest BCUT2D eigenvalue weighted by Gasteiger charge is -2.14. The van der Waals surface area contributed by atoms with Gasteiger partial charge in [0.15, 0.2) is 0 Å². The maximum Gasteiger partial charge on any atom is 0.131 e. The van der Waals surface area contributed by atoms with Crippen molar-refractivity contribution in [2.24, 2.45) is 0 Å². The molecule has 0 aliphatic heterocycles. The van der Waals surface area contributed by atoms with E-state index in [-0.39, 0.29) is 11.8 Å². The highest BCUT2D eigenvalue weighted by atomic mass is 19.1. The molecule has 0 aliphatic rings. The van der Waals surface area contributed by atoms with Crippen LogP contribution in [-0.2, 0) is 0 Å². The molecule has 0 spiro atoms. The number of phenols is 1. The molecule has 2 N–H and O–H groups in total. The molecule has 0 amide bonds. The number of aromatic hydroxyl groups is 1. The van der Waals surface area contributed by atoms with E-state index in [9.17, 15) is 4.39 Å². The fourth-order valence-electron chi connectivity index (χ4n) is 1.34. The highest BCUT2D eigenvalue weighted by Gasteiger charge is 2.10. The molecule has 1 aromatic carbocycles. The summed E-state index contributed by atoms with van der Waals surface area (Å²) in [6.45, 7) is 2.50. The summed E-state index contributed by atoms with van der Waals surface area (Å²) in [4.78, 5) is 0. The Morgan fingerprint density at radius 1 is 1.60 bits per heavy atom. The molecule has 1 rings (SSSR count). The van der Waals surface area contributed by atoms with Crippen molar-refractivity contribution in [1.82, 2.24) is 5.32 Å². The van der Waals surface area contributed by atoms with Crippen LogP contribution >= 0.6 is 0 Å². The average Bonchev–Trinajstić information content (AvgIpc) is 2.17. The second kappa shape index (κ2) is 5.38. The second-order valence-corrected chi connectivity index (χ2v) is 3.34. The smallest absolute Gasteiger partial charge is 0.131 e. The topological polar surface area (TPSA) is 32.3 Å². The van der Waals surface area contributed by atoms with Crippen molar-refractivity contribution in [3.8, 4) is 18.1 Å². The second-order valence-electron chi connectivity index (χ2n) is 3.34. The molecular formula is C12H14FNO. The van der Waals surface area contributed by atoms with Crippen molar-refractivity contribution in [3.05, 3.63) is 29.6 Å².